The van der Waals surface area contributed by atoms with Gasteiger partial charge in [0.25, 0.3) is 0 Å². The van der Waals surface area contributed by atoms with Crippen LogP contribution in [0.2, 0.25) is 0 Å². The van der Waals surface area contributed by atoms with Gasteiger partial charge in [-0.15, -0.1) is 0 Å². The lowest BCUT2D eigenvalue weighted by molar-refractivity contribution is 0.307. The Kier molecular flexibility index (Phi) is 4.35. The standard InChI is InChI=1S/C10H13BrFNO2/c1-15-9-5-6(11)4-7(10(9)14)8(12)2-3-13/h4-5,8,14H,2-3,13H2,1H3. The Hall–Kier alpha value is -0.810. The molecule has 0 spiro atoms. The number of alkyl halides is 1. The second kappa shape index (κ2) is 5.32. The maximum absolute atomic E-state index is 13.6. The molecule has 1 aromatic carbocycles. The van der Waals surface area contributed by atoms with E-state index in [0.29, 0.717) is 4.47 Å². The van der Waals surface area contributed by atoms with Gasteiger partial charge < -0.3 is 15.6 Å². The van der Waals surface area contributed by atoms with Crippen molar-refractivity contribution in [2.75, 3.05) is 13.7 Å². The number of benzene rings is 1. The van der Waals surface area contributed by atoms with Crippen molar-refractivity contribution in [3.05, 3.63) is 22.2 Å². The highest BCUT2D eigenvalue weighted by atomic mass is 79.9. The normalized spacial score (nSPS) is 12.5. The van der Waals surface area contributed by atoms with E-state index in [0.717, 1.165) is 0 Å². The lowest BCUT2D eigenvalue weighted by Crippen LogP contribution is -2.04. The minimum absolute atomic E-state index is 0.165. The molecule has 0 aromatic heterocycles. The largest absolute Gasteiger partial charge is 0.504 e. The minimum atomic E-state index is -1.28. The van der Waals surface area contributed by atoms with Crippen molar-refractivity contribution >= 4 is 15.9 Å². The topological polar surface area (TPSA) is 55.5 Å². The minimum Gasteiger partial charge on any atom is -0.504 e. The summed E-state index contributed by atoms with van der Waals surface area (Å²) in [5.41, 5.74) is 5.46. The highest BCUT2D eigenvalue weighted by Crippen LogP contribution is 2.39. The summed E-state index contributed by atoms with van der Waals surface area (Å²) in [5, 5.41) is 9.68. The summed E-state index contributed by atoms with van der Waals surface area (Å²) in [6.45, 7) is 0.232. The van der Waals surface area contributed by atoms with E-state index < -0.39 is 6.17 Å². The van der Waals surface area contributed by atoms with Gasteiger partial charge in [0.15, 0.2) is 11.5 Å². The number of ether oxygens (including phenoxy) is 1. The second-order valence-electron chi connectivity index (χ2n) is 3.09. The van der Waals surface area contributed by atoms with Crippen LogP contribution in [0.4, 0.5) is 4.39 Å². The smallest absolute Gasteiger partial charge is 0.163 e. The maximum atomic E-state index is 13.6. The van der Waals surface area contributed by atoms with Crippen molar-refractivity contribution in [3.63, 3.8) is 0 Å². The van der Waals surface area contributed by atoms with Crippen molar-refractivity contribution in [2.24, 2.45) is 5.73 Å². The molecule has 1 rings (SSSR count). The van der Waals surface area contributed by atoms with E-state index in [2.05, 4.69) is 15.9 Å². The van der Waals surface area contributed by atoms with E-state index in [9.17, 15) is 9.50 Å². The van der Waals surface area contributed by atoms with Crippen molar-refractivity contribution in [2.45, 2.75) is 12.6 Å². The van der Waals surface area contributed by atoms with Crippen LogP contribution in [0.1, 0.15) is 18.2 Å². The lowest BCUT2D eigenvalue weighted by Gasteiger charge is -2.12. The van der Waals surface area contributed by atoms with Gasteiger partial charge in [-0.05, 0) is 25.1 Å². The van der Waals surface area contributed by atoms with Crippen LogP contribution in [0.15, 0.2) is 16.6 Å². The molecule has 0 radical (unpaired) electrons. The van der Waals surface area contributed by atoms with E-state index in [4.69, 9.17) is 10.5 Å². The Balaban J connectivity index is 3.11. The fraction of sp³-hybridized carbons (Fsp3) is 0.400. The summed E-state index contributed by atoms with van der Waals surface area (Å²) < 4.78 is 19.2. The molecule has 3 nitrogen and oxygen atoms in total. The van der Waals surface area contributed by atoms with Crippen LogP contribution < -0.4 is 10.5 Å². The molecule has 15 heavy (non-hydrogen) atoms. The van der Waals surface area contributed by atoms with E-state index in [1.165, 1.54) is 13.2 Å². The zero-order valence-electron chi connectivity index (χ0n) is 8.34. The van der Waals surface area contributed by atoms with Crippen LogP contribution in [0.25, 0.3) is 0 Å². The Bertz CT molecular complexity index is 346. The van der Waals surface area contributed by atoms with Gasteiger partial charge in [0, 0.05) is 10.0 Å². The van der Waals surface area contributed by atoms with Crippen LogP contribution in [0.3, 0.4) is 0 Å². The van der Waals surface area contributed by atoms with Crippen molar-refractivity contribution in [3.8, 4) is 11.5 Å². The third-order valence-electron chi connectivity index (χ3n) is 2.05. The quantitative estimate of drug-likeness (QED) is 0.889. The number of methoxy groups -OCH3 is 1. The van der Waals surface area contributed by atoms with Gasteiger partial charge in [0.2, 0.25) is 0 Å². The van der Waals surface area contributed by atoms with Crippen LogP contribution >= 0.6 is 15.9 Å². The third-order valence-corrected chi connectivity index (χ3v) is 2.50. The average Bonchev–Trinajstić information content (AvgIpc) is 2.21. The molecule has 0 amide bonds. The van der Waals surface area contributed by atoms with Crippen LogP contribution in [-0.4, -0.2) is 18.8 Å². The Morgan fingerprint density at radius 2 is 2.27 bits per heavy atom. The first kappa shape index (κ1) is 12.3. The predicted molar refractivity (Wildman–Crippen MR) is 59.9 cm³/mol. The highest BCUT2D eigenvalue weighted by Gasteiger charge is 2.17. The van der Waals surface area contributed by atoms with Gasteiger partial charge in [0.1, 0.15) is 6.17 Å². The predicted octanol–water partition coefficient (Wildman–Crippen LogP) is 2.52. The summed E-state index contributed by atoms with van der Waals surface area (Å²) in [7, 11) is 1.42. The molecule has 1 atom stereocenters. The van der Waals surface area contributed by atoms with Gasteiger partial charge in [0.05, 0.1) is 7.11 Å². The van der Waals surface area contributed by atoms with E-state index in [-0.39, 0.29) is 30.0 Å². The number of rotatable bonds is 4. The molecule has 0 heterocycles. The van der Waals surface area contributed by atoms with Gasteiger partial charge in [-0.1, -0.05) is 15.9 Å². The number of phenols is 1. The summed E-state index contributed by atoms with van der Waals surface area (Å²) in [4.78, 5) is 0. The third kappa shape index (κ3) is 2.82. The number of hydrogen-bond acceptors (Lipinski definition) is 3. The lowest BCUT2D eigenvalue weighted by atomic mass is 10.1. The first-order chi connectivity index (χ1) is 7.10. The monoisotopic (exact) mass is 277 g/mol. The maximum Gasteiger partial charge on any atom is 0.163 e. The molecule has 0 bridgehead atoms. The van der Waals surface area contributed by atoms with Crippen LogP contribution in [-0.2, 0) is 0 Å². The SMILES string of the molecule is COc1cc(Br)cc(C(F)CCN)c1O. The number of hydrogen-bond donors (Lipinski definition) is 2. The molecule has 0 fully saturated rings. The summed E-state index contributed by atoms with van der Waals surface area (Å²) in [6.07, 6.45) is -1.10. The van der Waals surface area contributed by atoms with Gasteiger partial charge in [-0.2, -0.15) is 0 Å². The summed E-state index contributed by atoms with van der Waals surface area (Å²) in [5.74, 6) is 0.0840. The molecule has 1 unspecified atom stereocenters. The second-order valence-corrected chi connectivity index (χ2v) is 4.01. The van der Waals surface area contributed by atoms with Gasteiger partial charge in [-0.25, -0.2) is 4.39 Å². The zero-order chi connectivity index (χ0) is 11.4. The summed E-state index contributed by atoms with van der Waals surface area (Å²) in [6, 6.07) is 3.10. The Morgan fingerprint density at radius 1 is 1.60 bits per heavy atom. The van der Waals surface area contributed by atoms with E-state index in [1.54, 1.807) is 6.07 Å². The summed E-state index contributed by atoms with van der Waals surface area (Å²) >= 11 is 3.22. The highest BCUT2D eigenvalue weighted by molar-refractivity contribution is 9.10. The van der Waals surface area contributed by atoms with Crippen molar-refractivity contribution < 1.29 is 14.2 Å². The molecule has 0 saturated heterocycles. The van der Waals surface area contributed by atoms with Crippen LogP contribution in [0, 0.1) is 0 Å². The fourth-order valence-electron chi connectivity index (χ4n) is 1.29. The molecule has 0 aliphatic carbocycles. The first-order valence-electron chi connectivity index (χ1n) is 4.50. The molecular formula is C10H13BrFNO2. The molecule has 1 aromatic rings. The van der Waals surface area contributed by atoms with Gasteiger partial charge >= 0.3 is 0 Å². The van der Waals surface area contributed by atoms with Crippen molar-refractivity contribution in [1.29, 1.82) is 0 Å². The number of aromatic hydroxyl groups is 1. The molecule has 0 aliphatic heterocycles. The zero-order valence-corrected chi connectivity index (χ0v) is 9.92. The van der Waals surface area contributed by atoms with Crippen LogP contribution in [0.5, 0.6) is 11.5 Å². The molecule has 84 valence electrons. The van der Waals surface area contributed by atoms with Gasteiger partial charge in [-0.3, -0.25) is 0 Å². The van der Waals surface area contributed by atoms with Crippen molar-refractivity contribution in [1.82, 2.24) is 0 Å². The first-order valence-corrected chi connectivity index (χ1v) is 5.30. The number of halogens is 2. The fourth-order valence-corrected chi connectivity index (χ4v) is 1.75. The Morgan fingerprint density at radius 3 is 2.80 bits per heavy atom. The van der Waals surface area contributed by atoms with E-state index >= 15 is 0 Å². The molecule has 0 saturated carbocycles. The molecule has 3 N–H and O–H groups in total. The number of nitrogens with two attached hydrogens (primary N) is 1. The molecular weight excluding hydrogens is 265 g/mol. The average molecular weight is 278 g/mol. The Labute approximate surface area is 96.2 Å². The molecule has 0 aliphatic rings. The number of phenolic OH excluding ortho intramolecular Hbond substituents is 1. The molecule has 5 heteroatoms. The van der Waals surface area contributed by atoms with E-state index in [1.807, 2.05) is 0 Å².